The van der Waals surface area contributed by atoms with E-state index in [1.54, 1.807) is 0 Å². The minimum Gasteiger partial charge on any atom is -0.377 e. The summed E-state index contributed by atoms with van der Waals surface area (Å²) in [6, 6.07) is 0. The number of ether oxygens (including phenoxy) is 1. The van der Waals surface area contributed by atoms with Crippen LogP contribution in [0.15, 0.2) is 0 Å². The zero-order chi connectivity index (χ0) is 11.9. The molecular formula is C14H28N2O. The first-order valence-corrected chi connectivity index (χ1v) is 7.45. The second-order valence-corrected chi connectivity index (χ2v) is 5.48. The van der Waals surface area contributed by atoms with Gasteiger partial charge in [-0.15, -0.1) is 0 Å². The highest BCUT2D eigenvalue weighted by Crippen LogP contribution is 2.14. The van der Waals surface area contributed by atoms with E-state index in [-0.39, 0.29) is 0 Å². The van der Waals surface area contributed by atoms with Crippen LogP contribution in [-0.2, 0) is 4.74 Å². The molecule has 2 heterocycles. The monoisotopic (exact) mass is 240 g/mol. The standard InChI is InChI=1S/C14H28N2O/c1-2-3-4-7-15-8-10-16(11-9-15)13-14-6-5-12-17-14/h14H,2-13H2,1H3. The second-order valence-electron chi connectivity index (χ2n) is 5.48. The van der Waals surface area contributed by atoms with Gasteiger partial charge in [0.1, 0.15) is 0 Å². The Morgan fingerprint density at radius 1 is 1.06 bits per heavy atom. The van der Waals surface area contributed by atoms with Crippen molar-refractivity contribution in [3.05, 3.63) is 0 Å². The van der Waals surface area contributed by atoms with Crippen molar-refractivity contribution in [1.82, 2.24) is 9.80 Å². The van der Waals surface area contributed by atoms with Crippen LogP contribution >= 0.6 is 0 Å². The van der Waals surface area contributed by atoms with E-state index in [2.05, 4.69) is 16.7 Å². The molecule has 0 aromatic heterocycles. The zero-order valence-corrected chi connectivity index (χ0v) is 11.4. The highest BCUT2D eigenvalue weighted by Gasteiger charge is 2.22. The third-order valence-electron chi connectivity index (χ3n) is 4.03. The van der Waals surface area contributed by atoms with Crippen LogP contribution in [0.5, 0.6) is 0 Å². The minimum absolute atomic E-state index is 0.529. The van der Waals surface area contributed by atoms with Gasteiger partial charge in [-0.2, -0.15) is 0 Å². The van der Waals surface area contributed by atoms with Crippen molar-refractivity contribution in [2.24, 2.45) is 0 Å². The van der Waals surface area contributed by atoms with Gasteiger partial charge in [0.2, 0.25) is 0 Å². The van der Waals surface area contributed by atoms with E-state index in [9.17, 15) is 0 Å². The van der Waals surface area contributed by atoms with Gasteiger partial charge >= 0.3 is 0 Å². The van der Waals surface area contributed by atoms with Crippen molar-refractivity contribution in [2.45, 2.75) is 45.1 Å². The highest BCUT2D eigenvalue weighted by atomic mass is 16.5. The van der Waals surface area contributed by atoms with Crippen LogP contribution in [0.2, 0.25) is 0 Å². The van der Waals surface area contributed by atoms with Gasteiger partial charge in [-0.1, -0.05) is 19.8 Å². The summed E-state index contributed by atoms with van der Waals surface area (Å²) in [7, 11) is 0. The summed E-state index contributed by atoms with van der Waals surface area (Å²) in [4.78, 5) is 5.22. The van der Waals surface area contributed by atoms with Gasteiger partial charge in [0.05, 0.1) is 6.10 Å². The Labute approximate surface area is 106 Å². The zero-order valence-electron chi connectivity index (χ0n) is 11.4. The number of unbranched alkanes of at least 4 members (excludes halogenated alkanes) is 2. The Bertz CT molecular complexity index is 196. The van der Waals surface area contributed by atoms with Crippen molar-refractivity contribution in [3.63, 3.8) is 0 Å². The van der Waals surface area contributed by atoms with Gasteiger partial charge in [-0.3, -0.25) is 4.90 Å². The average molecular weight is 240 g/mol. The lowest BCUT2D eigenvalue weighted by molar-refractivity contribution is 0.0502. The first-order valence-electron chi connectivity index (χ1n) is 7.45. The van der Waals surface area contributed by atoms with E-state index in [0.29, 0.717) is 6.10 Å². The summed E-state index contributed by atoms with van der Waals surface area (Å²) < 4.78 is 5.71. The third kappa shape index (κ3) is 4.57. The molecule has 2 saturated heterocycles. The molecule has 0 amide bonds. The number of nitrogens with zero attached hydrogens (tertiary/aromatic N) is 2. The van der Waals surface area contributed by atoms with Crippen LogP contribution in [0.4, 0.5) is 0 Å². The lowest BCUT2D eigenvalue weighted by Crippen LogP contribution is -2.48. The van der Waals surface area contributed by atoms with E-state index in [1.165, 1.54) is 71.4 Å². The number of piperazine rings is 1. The largest absolute Gasteiger partial charge is 0.377 e. The number of rotatable bonds is 6. The summed E-state index contributed by atoms with van der Waals surface area (Å²) >= 11 is 0. The van der Waals surface area contributed by atoms with E-state index in [1.807, 2.05) is 0 Å². The maximum Gasteiger partial charge on any atom is 0.0702 e. The molecule has 2 fully saturated rings. The van der Waals surface area contributed by atoms with Crippen LogP contribution in [0.3, 0.4) is 0 Å². The SMILES string of the molecule is CCCCCN1CCN(CC2CCCO2)CC1. The van der Waals surface area contributed by atoms with E-state index >= 15 is 0 Å². The average Bonchev–Trinajstić information content (AvgIpc) is 2.85. The van der Waals surface area contributed by atoms with Crippen LogP contribution < -0.4 is 0 Å². The summed E-state index contributed by atoms with van der Waals surface area (Å²) in [5, 5.41) is 0. The summed E-state index contributed by atoms with van der Waals surface area (Å²) in [6.07, 6.45) is 7.16. The Morgan fingerprint density at radius 2 is 1.82 bits per heavy atom. The Hall–Kier alpha value is -0.120. The predicted molar refractivity (Wildman–Crippen MR) is 71.4 cm³/mol. The maximum atomic E-state index is 5.71. The molecule has 1 atom stereocenters. The molecule has 3 heteroatoms. The molecule has 100 valence electrons. The van der Waals surface area contributed by atoms with Gasteiger partial charge < -0.3 is 9.64 Å². The van der Waals surface area contributed by atoms with Gasteiger partial charge in [0, 0.05) is 39.3 Å². The molecule has 0 aliphatic carbocycles. The van der Waals surface area contributed by atoms with Gasteiger partial charge in [-0.25, -0.2) is 0 Å². The van der Waals surface area contributed by atoms with E-state index < -0.39 is 0 Å². The van der Waals surface area contributed by atoms with Crippen molar-refractivity contribution in [1.29, 1.82) is 0 Å². The van der Waals surface area contributed by atoms with Crippen molar-refractivity contribution in [2.75, 3.05) is 45.9 Å². The minimum atomic E-state index is 0.529. The van der Waals surface area contributed by atoms with Crippen LogP contribution in [0.25, 0.3) is 0 Å². The summed E-state index contributed by atoms with van der Waals surface area (Å²) in [5.41, 5.74) is 0. The molecule has 17 heavy (non-hydrogen) atoms. The van der Waals surface area contributed by atoms with Crippen molar-refractivity contribution >= 4 is 0 Å². The quantitative estimate of drug-likeness (QED) is 0.660. The fourth-order valence-corrected chi connectivity index (χ4v) is 2.86. The first kappa shape index (κ1) is 13.3. The Kier molecular flexibility index (Phi) is 5.75. The lowest BCUT2D eigenvalue weighted by atomic mass is 10.2. The van der Waals surface area contributed by atoms with E-state index in [4.69, 9.17) is 4.74 Å². The molecule has 0 bridgehead atoms. The van der Waals surface area contributed by atoms with E-state index in [0.717, 1.165) is 6.61 Å². The van der Waals surface area contributed by atoms with Crippen molar-refractivity contribution < 1.29 is 4.74 Å². The predicted octanol–water partition coefficient (Wildman–Crippen LogP) is 1.97. The molecule has 3 nitrogen and oxygen atoms in total. The topological polar surface area (TPSA) is 15.7 Å². The molecule has 0 saturated carbocycles. The molecule has 1 unspecified atom stereocenters. The van der Waals surface area contributed by atoms with Crippen LogP contribution in [0.1, 0.15) is 39.0 Å². The molecule has 0 spiro atoms. The molecule has 0 aromatic carbocycles. The smallest absolute Gasteiger partial charge is 0.0702 e. The van der Waals surface area contributed by atoms with Gasteiger partial charge in [0.15, 0.2) is 0 Å². The van der Waals surface area contributed by atoms with Crippen molar-refractivity contribution in [3.8, 4) is 0 Å². The molecule has 0 N–H and O–H groups in total. The summed E-state index contributed by atoms with van der Waals surface area (Å²) in [6.45, 7) is 10.7. The first-order chi connectivity index (χ1) is 8.38. The Morgan fingerprint density at radius 3 is 2.47 bits per heavy atom. The van der Waals surface area contributed by atoms with Gasteiger partial charge in [0.25, 0.3) is 0 Å². The normalized spacial score (nSPS) is 27.7. The molecular weight excluding hydrogens is 212 g/mol. The number of hydrogen-bond acceptors (Lipinski definition) is 3. The lowest BCUT2D eigenvalue weighted by Gasteiger charge is -2.35. The summed E-state index contributed by atoms with van der Waals surface area (Å²) in [5.74, 6) is 0. The molecule has 2 aliphatic heterocycles. The second kappa shape index (κ2) is 7.34. The van der Waals surface area contributed by atoms with Crippen LogP contribution in [0, 0.1) is 0 Å². The maximum absolute atomic E-state index is 5.71. The Balaban J connectivity index is 1.57. The molecule has 0 aromatic rings. The molecule has 2 aliphatic rings. The molecule has 2 rings (SSSR count). The third-order valence-corrected chi connectivity index (χ3v) is 4.03. The number of hydrogen-bond donors (Lipinski definition) is 0. The highest BCUT2D eigenvalue weighted by molar-refractivity contribution is 4.76. The van der Waals surface area contributed by atoms with Crippen LogP contribution in [-0.4, -0.2) is 61.8 Å². The fourth-order valence-electron chi connectivity index (χ4n) is 2.86. The molecule has 0 radical (unpaired) electrons. The fraction of sp³-hybridized carbons (Fsp3) is 1.00. The van der Waals surface area contributed by atoms with Gasteiger partial charge in [-0.05, 0) is 25.8 Å².